The molecule has 14 heavy (non-hydrogen) atoms. The lowest BCUT2D eigenvalue weighted by atomic mass is 10.2. The molecule has 0 aromatic carbocycles. The Kier molecular flexibility index (Phi) is 3.43. The number of nitrogens with zero attached hydrogens (tertiary/aromatic N) is 1. The van der Waals surface area contributed by atoms with Crippen molar-refractivity contribution in [3.63, 3.8) is 0 Å². The fourth-order valence-corrected chi connectivity index (χ4v) is 2.11. The SMILES string of the molecule is OC(CN1CCCC1)C1=CCCCO1. The number of aliphatic hydroxyl groups excluding tert-OH is 1. The molecule has 1 fully saturated rings. The zero-order valence-corrected chi connectivity index (χ0v) is 8.61. The molecule has 80 valence electrons. The van der Waals surface area contributed by atoms with Crippen LogP contribution in [0.25, 0.3) is 0 Å². The standard InChI is InChI=1S/C11H19NO2/c13-10(9-12-6-2-3-7-12)11-5-1-4-8-14-11/h5,10,13H,1-4,6-9H2. The fourth-order valence-electron chi connectivity index (χ4n) is 2.11. The highest BCUT2D eigenvalue weighted by atomic mass is 16.5. The van der Waals surface area contributed by atoms with Gasteiger partial charge in [-0.15, -0.1) is 0 Å². The summed E-state index contributed by atoms with van der Waals surface area (Å²) < 4.78 is 5.43. The summed E-state index contributed by atoms with van der Waals surface area (Å²) in [6.45, 7) is 3.77. The van der Waals surface area contributed by atoms with Gasteiger partial charge in [-0.05, 0) is 44.8 Å². The highest BCUT2D eigenvalue weighted by Crippen LogP contribution is 2.16. The average molecular weight is 197 g/mol. The molecule has 0 bridgehead atoms. The van der Waals surface area contributed by atoms with Crippen molar-refractivity contribution in [3.8, 4) is 0 Å². The molecule has 0 saturated carbocycles. The van der Waals surface area contributed by atoms with Crippen molar-refractivity contribution in [3.05, 3.63) is 11.8 Å². The van der Waals surface area contributed by atoms with Crippen molar-refractivity contribution in [1.29, 1.82) is 0 Å². The Hall–Kier alpha value is -0.540. The molecule has 0 amide bonds. The first-order chi connectivity index (χ1) is 6.86. The fraction of sp³-hybridized carbons (Fsp3) is 0.818. The Morgan fingerprint density at radius 1 is 1.36 bits per heavy atom. The van der Waals surface area contributed by atoms with Gasteiger partial charge in [-0.1, -0.05) is 0 Å². The van der Waals surface area contributed by atoms with Crippen LogP contribution < -0.4 is 0 Å². The van der Waals surface area contributed by atoms with E-state index < -0.39 is 6.10 Å². The van der Waals surface area contributed by atoms with Crippen LogP contribution in [0.4, 0.5) is 0 Å². The lowest BCUT2D eigenvalue weighted by molar-refractivity contribution is 0.0698. The predicted molar refractivity (Wildman–Crippen MR) is 54.9 cm³/mol. The molecule has 3 nitrogen and oxygen atoms in total. The van der Waals surface area contributed by atoms with Crippen LogP contribution in [0, 0.1) is 0 Å². The van der Waals surface area contributed by atoms with Crippen molar-refractivity contribution in [2.45, 2.75) is 31.8 Å². The minimum absolute atomic E-state index is 0.409. The van der Waals surface area contributed by atoms with Gasteiger partial charge in [-0.3, -0.25) is 0 Å². The lowest BCUT2D eigenvalue weighted by Crippen LogP contribution is -2.32. The van der Waals surface area contributed by atoms with Crippen molar-refractivity contribution >= 4 is 0 Å². The van der Waals surface area contributed by atoms with E-state index in [2.05, 4.69) is 4.90 Å². The van der Waals surface area contributed by atoms with Crippen LogP contribution in [0.3, 0.4) is 0 Å². The third-order valence-corrected chi connectivity index (χ3v) is 2.92. The van der Waals surface area contributed by atoms with Crippen molar-refractivity contribution in [2.24, 2.45) is 0 Å². The van der Waals surface area contributed by atoms with E-state index >= 15 is 0 Å². The number of allylic oxidation sites excluding steroid dienone is 1. The average Bonchev–Trinajstić information content (AvgIpc) is 2.72. The minimum Gasteiger partial charge on any atom is -0.495 e. The topological polar surface area (TPSA) is 32.7 Å². The number of likely N-dealkylation sites (tertiary alicyclic amines) is 1. The van der Waals surface area contributed by atoms with Crippen molar-refractivity contribution < 1.29 is 9.84 Å². The van der Waals surface area contributed by atoms with Gasteiger partial charge in [-0.2, -0.15) is 0 Å². The van der Waals surface area contributed by atoms with Gasteiger partial charge >= 0.3 is 0 Å². The van der Waals surface area contributed by atoms with E-state index in [0.717, 1.165) is 44.8 Å². The van der Waals surface area contributed by atoms with Crippen molar-refractivity contribution in [2.75, 3.05) is 26.2 Å². The molecule has 0 aromatic heterocycles. The number of hydrogen-bond acceptors (Lipinski definition) is 3. The van der Waals surface area contributed by atoms with Gasteiger partial charge in [0.2, 0.25) is 0 Å². The number of β-amino-alcohol motifs (C(OH)–C–C–N with tert-alkyl or cyclic N) is 1. The Labute approximate surface area is 85.4 Å². The van der Waals surface area contributed by atoms with Crippen molar-refractivity contribution in [1.82, 2.24) is 4.90 Å². The summed E-state index contributed by atoms with van der Waals surface area (Å²) in [4.78, 5) is 2.31. The quantitative estimate of drug-likeness (QED) is 0.736. The van der Waals surface area contributed by atoms with E-state index in [0.29, 0.717) is 0 Å². The molecular formula is C11H19NO2. The summed E-state index contributed by atoms with van der Waals surface area (Å²) in [6.07, 6.45) is 6.30. The molecule has 1 atom stereocenters. The second-order valence-electron chi connectivity index (χ2n) is 4.12. The first-order valence-corrected chi connectivity index (χ1v) is 5.59. The van der Waals surface area contributed by atoms with Crippen LogP contribution in [0.2, 0.25) is 0 Å². The minimum atomic E-state index is -0.409. The van der Waals surface area contributed by atoms with E-state index in [9.17, 15) is 5.11 Å². The molecule has 0 aliphatic carbocycles. The molecule has 1 N–H and O–H groups in total. The van der Waals surface area contributed by atoms with Gasteiger partial charge in [0.15, 0.2) is 0 Å². The van der Waals surface area contributed by atoms with Crippen LogP contribution in [0.15, 0.2) is 11.8 Å². The van der Waals surface area contributed by atoms with E-state index in [4.69, 9.17) is 4.74 Å². The van der Waals surface area contributed by atoms with Crippen LogP contribution in [-0.2, 0) is 4.74 Å². The molecule has 2 rings (SSSR count). The molecule has 1 unspecified atom stereocenters. The van der Waals surface area contributed by atoms with Gasteiger partial charge in [-0.25, -0.2) is 0 Å². The van der Waals surface area contributed by atoms with E-state index in [-0.39, 0.29) is 0 Å². The number of ether oxygens (including phenoxy) is 1. The summed E-state index contributed by atoms with van der Waals surface area (Å²) in [6, 6.07) is 0. The largest absolute Gasteiger partial charge is 0.495 e. The molecule has 3 heteroatoms. The second-order valence-corrected chi connectivity index (χ2v) is 4.12. The van der Waals surface area contributed by atoms with Crippen LogP contribution in [-0.4, -0.2) is 42.4 Å². The highest BCUT2D eigenvalue weighted by molar-refractivity contribution is 5.03. The summed E-state index contributed by atoms with van der Waals surface area (Å²) >= 11 is 0. The number of hydrogen-bond donors (Lipinski definition) is 1. The monoisotopic (exact) mass is 197 g/mol. The summed E-state index contributed by atoms with van der Waals surface area (Å²) in [5, 5.41) is 9.90. The maximum atomic E-state index is 9.90. The van der Waals surface area contributed by atoms with Gasteiger partial charge < -0.3 is 14.7 Å². The first-order valence-electron chi connectivity index (χ1n) is 5.59. The third-order valence-electron chi connectivity index (χ3n) is 2.92. The van der Waals surface area contributed by atoms with E-state index in [1.54, 1.807) is 0 Å². The van der Waals surface area contributed by atoms with Crippen LogP contribution in [0.5, 0.6) is 0 Å². The molecule has 2 aliphatic rings. The number of rotatable bonds is 3. The lowest BCUT2D eigenvalue weighted by Gasteiger charge is -2.23. The third kappa shape index (κ3) is 2.49. The maximum absolute atomic E-state index is 9.90. The first kappa shape index (κ1) is 9.99. The molecule has 2 aliphatic heterocycles. The van der Waals surface area contributed by atoms with E-state index in [1.165, 1.54) is 12.8 Å². The zero-order chi connectivity index (χ0) is 9.80. The van der Waals surface area contributed by atoms with Crippen LogP contribution in [0.1, 0.15) is 25.7 Å². The smallest absolute Gasteiger partial charge is 0.123 e. The maximum Gasteiger partial charge on any atom is 0.123 e. The molecule has 1 saturated heterocycles. The molecule has 0 radical (unpaired) electrons. The van der Waals surface area contributed by atoms with Gasteiger partial charge in [0.25, 0.3) is 0 Å². The zero-order valence-electron chi connectivity index (χ0n) is 8.61. The second kappa shape index (κ2) is 4.80. The normalized spacial score (nSPS) is 25.6. The van der Waals surface area contributed by atoms with Crippen LogP contribution >= 0.6 is 0 Å². The number of aliphatic hydroxyl groups is 1. The summed E-state index contributed by atoms with van der Waals surface area (Å²) in [5.74, 6) is 0.795. The molecule has 0 aromatic rings. The van der Waals surface area contributed by atoms with Gasteiger partial charge in [0, 0.05) is 6.54 Å². The van der Waals surface area contributed by atoms with Gasteiger partial charge in [0.1, 0.15) is 11.9 Å². The molecule has 0 spiro atoms. The Balaban J connectivity index is 1.81. The predicted octanol–water partition coefficient (Wildman–Crippen LogP) is 1.14. The Morgan fingerprint density at radius 2 is 2.14 bits per heavy atom. The summed E-state index contributed by atoms with van der Waals surface area (Å²) in [5.41, 5.74) is 0. The Morgan fingerprint density at radius 3 is 2.79 bits per heavy atom. The van der Waals surface area contributed by atoms with Gasteiger partial charge in [0.05, 0.1) is 6.61 Å². The molecule has 2 heterocycles. The van der Waals surface area contributed by atoms with E-state index in [1.807, 2.05) is 6.08 Å². The Bertz CT molecular complexity index is 209. The summed E-state index contributed by atoms with van der Waals surface area (Å²) in [7, 11) is 0. The highest BCUT2D eigenvalue weighted by Gasteiger charge is 2.20. The molecular weight excluding hydrogens is 178 g/mol.